The molecule has 0 unspecified atom stereocenters. The number of rotatable bonds is 5. The van der Waals surface area contributed by atoms with Crippen LogP contribution in [0.3, 0.4) is 0 Å². The number of aromatic nitrogens is 2. The van der Waals surface area contributed by atoms with Gasteiger partial charge in [-0.3, -0.25) is 4.79 Å². The van der Waals surface area contributed by atoms with E-state index in [1.807, 2.05) is 36.6 Å². The van der Waals surface area contributed by atoms with E-state index < -0.39 is 0 Å². The molecule has 0 bridgehead atoms. The van der Waals surface area contributed by atoms with Crippen LogP contribution in [0.2, 0.25) is 0 Å². The minimum Gasteiger partial charge on any atom is -0.489 e. The van der Waals surface area contributed by atoms with Crippen LogP contribution in [0, 0.1) is 4.77 Å². The number of amides is 1. The van der Waals surface area contributed by atoms with E-state index >= 15 is 0 Å². The molecule has 1 aliphatic carbocycles. The minimum atomic E-state index is 0.00433. The molecule has 112 valence electrons. The Morgan fingerprint density at radius 3 is 2.95 bits per heavy atom. The van der Waals surface area contributed by atoms with Crippen LogP contribution < -0.4 is 10.1 Å². The average molecular weight is 305 g/mol. The quantitative estimate of drug-likeness (QED) is 0.835. The van der Waals surface area contributed by atoms with Gasteiger partial charge < -0.3 is 19.6 Å². The highest BCUT2D eigenvalue weighted by molar-refractivity contribution is 7.71. The molecular weight excluding hydrogens is 286 g/mol. The molecule has 1 fully saturated rings. The number of aromatic amines is 1. The number of nitrogens with zero attached hydrogens (tertiary/aromatic N) is 1. The Labute approximate surface area is 128 Å². The predicted molar refractivity (Wildman–Crippen MR) is 84.1 cm³/mol. The van der Waals surface area contributed by atoms with Crippen molar-refractivity contribution in [3.63, 3.8) is 0 Å². The summed E-state index contributed by atoms with van der Waals surface area (Å²) in [5.74, 6) is 0.764. The molecule has 6 heteroatoms. The largest absolute Gasteiger partial charge is 0.489 e. The lowest BCUT2D eigenvalue weighted by atomic mass is 10.3. The molecule has 1 saturated carbocycles. The van der Waals surface area contributed by atoms with Gasteiger partial charge in [-0.05, 0) is 51.0 Å². The average Bonchev–Trinajstić information content (AvgIpc) is 3.15. The van der Waals surface area contributed by atoms with E-state index in [0.717, 1.165) is 29.6 Å². The molecule has 1 heterocycles. The summed E-state index contributed by atoms with van der Waals surface area (Å²) >= 11 is 5.35. The summed E-state index contributed by atoms with van der Waals surface area (Å²) in [7, 11) is 0. The number of hydrogen-bond donors (Lipinski definition) is 2. The Balaban J connectivity index is 1.93. The van der Waals surface area contributed by atoms with Gasteiger partial charge in [-0.15, -0.1) is 0 Å². The number of benzene rings is 1. The van der Waals surface area contributed by atoms with Gasteiger partial charge in [-0.25, -0.2) is 0 Å². The van der Waals surface area contributed by atoms with Crippen molar-refractivity contribution in [1.29, 1.82) is 0 Å². The van der Waals surface area contributed by atoms with E-state index in [1.165, 1.54) is 0 Å². The van der Waals surface area contributed by atoms with Gasteiger partial charge in [0.2, 0.25) is 5.91 Å². The summed E-state index contributed by atoms with van der Waals surface area (Å²) in [5, 5.41) is 2.98. The Hall–Kier alpha value is -1.82. The summed E-state index contributed by atoms with van der Waals surface area (Å²) in [5.41, 5.74) is 1.74. The van der Waals surface area contributed by atoms with Gasteiger partial charge in [0.15, 0.2) is 4.77 Å². The molecule has 1 aromatic carbocycles. The molecule has 1 aliphatic rings. The van der Waals surface area contributed by atoms with E-state index in [-0.39, 0.29) is 18.6 Å². The number of imidazole rings is 1. The predicted octanol–water partition coefficient (Wildman–Crippen LogP) is 2.76. The van der Waals surface area contributed by atoms with Crippen LogP contribution in [-0.4, -0.2) is 27.6 Å². The van der Waals surface area contributed by atoms with E-state index in [2.05, 4.69) is 10.3 Å². The van der Waals surface area contributed by atoms with Crippen LogP contribution >= 0.6 is 12.2 Å². The SMILES string of the molecule is CC(C)Oc1cccc2c1[nH]c(=S)n2CC(=O)NC1CC1. The number of fused-ring (bicyclic) bond motifs is 1. The third-order valence-electron chi connectivity index (χ3n) is 3.38. The number of nitrogens with one attached hydrogen (secondary N) is 2. The summed E-state index contributed by atoms with van der Waals surface area (Å²) in [6.07, 6.45) is 2.24. The zero-order valence-electron chi connectivity index (χ0n) is 12.2. The lowest BCUT2D eigenvalue weighted by molar-refractivity contribution is -0.121. The first kappa shape index (κ1) is 14.1. The fraction of sp³-hybridized carbons (Fsp3) is 0.467. The van der Waals surface area contributed by atoms with Crippen LogP contribution in [0.4, 0.5) is 0 Å². The van der Waals surface area contributed by atoms with Gasteiger partial charge in [-0.2, -0.15) is 0 Å². The Kier molecular flexibility index (Phi) is 3.71. The molecule has 1 amide bonds. The monoisotopic (exact) mass is 305 g/mol. The number of H-pyrrole nitrogens is 1. The van der Waals surface area contributed by atoms with Crippen molar-refractivity contribution in [3.05, 3.63) is 23.0 Å². The van der Waals surface area contributed by atoms with Crippen LogP contribution in [-0.2, 0) is 11.3 Å². The van der Waals surface area contributed by atoms with Crippen molar-refractivity contribution in [2.45, 2.75) is 45.4 Å². The second kappa shape index (κ2) is 5.52. The smallest absolute Gasteiger partial charge is 0.240 e. The Morgan fingerprint density at radius 2 is 2.29 bits per heavy atom. The first-order valence-corrected chi connectivity index (χ1v) is 7.63. The Morgan fingerprint density at radius 1 is 1.52 bits per heavy atom. The molecule has 3 rings (SSSR count). The zero-order valence-corrected chi connectivity index (χ0v) is 13.0. The van der Waals surface area contributed by atoms with E-state index in [0.29, 0.717) is 10.8 Å². The summed E-state index contributed by atoms with van der Waals surface area (Å²) < 4.78 is 8.14. The minimum absolute atomic E-state index is 0.00433. The van der Waals surface area contributed by atoms with Gasteiger partial charge in [0.1, 0.15) is 17.8 Å². The highest BCUT2D eigenvalue weighted by atomic mass is 32.1. The second-order valence-electron chi connectivity index (χ2n) is 5.67. The van der Waals surface area contributed by atoms with E-state index in [9.17, 15) is 4.79 Å². The number of hydrogen-bond acceptors (Lipinski definition) is 3. The maximum Gasteiger partial charge on any atom is 0.240 e. The normalized spacial score (nSPS) is 14.6. The van der Waals surface area contributed by atoms with Gasteiger partial charge in [0.25, 0.3) is 0 Å². The van der Waals surface area contributed by atoms with Gasteiger partial charge in [0, 0.05) is 6.04 Å². The number of para-hydroxylation sites is 1. The molecular formula is C15H19N3O2S. The standard InChI is InChI=1S/C15H19N3O2S/c1-9(2)20-12-5-3-4-11-14(12)17-15(21)18(11)8-13(19)16-10-6-7-10/h3-5,9-10H,6-8H2,1-2H3,(H,16,19)(H,17,21). The Bertz CT molecular complexity index is 728. The van der Waals surface area contributed by atoms with E-state index in [4.69, 9.17) is 17.0 Å². The molecule has 0 aliphatic heterocycles. The fourth-order valence-corrected chi connectivity index (χ4v) is 2.57. The molecule has 0 atom stereocenters. The van der Waals surface area contributed by atoms with Crippen LogP contribution in [0.15, 0.2) is 18.2 Å². The summed E-state index contributed by atoms with van der Waals surface area (Å²) in [6.45, 7) is 4.20. The molecule has 1 aromatic heterocycles. The van der Waals surface area contributed by atoms with Crippen molar-refractivity contribution in [2.75, 3.05) is 0 Å². The second-order valence-corrected chi connectivity index (χ2v) is 6.06. The van der Waals surface area contributed by atoms with Crippen molar-refractivity contribution < 1.29 is 9.53 Å². The first-order valence-electron chi connectivity index (χ1n) is 7.22. The topological polar surface area (TPSA) is 59.0 Å². The maximum atomic E-state index is 12.0. The number of ether oxygens (including phenoxy) is 1. The summed E-state index contributed by atoms with van der Waals surface area (Å²) in [4.78, 5) is 15.1. The van der Waals surface area contributed by atoms with Crippen molar-refractivity contribution in [3.8, 4) is 5.75 Å². The maximum absolute atomic E-state index is 12.0. The van der Waals surface area contributed by atoms with Crippen LogP contribution in [0.25, 0.3) is 11.0 Å². The molecule has 0 saturated heterocycles. The third-order valence-corrected chi connectivity index (χ3v) is 3.70. The van der Waals surface area contributed by atoms with E-state index in [1.54, 1.807) is 0 Å². The number of carbonyl (C=O) groups excluding carboxylic acids is 1. The molecule has 0 radical (unpaired) electrons. The molecule has 2 N–H and O–H groups in total. The van der Waals surface area contributed by atoms with Crippen molar-refractivity contribution >= 4 is 29.2 Å². The van der Waals surface area contributed by atoms with Gasteiger partial charge in [-0.1, -0.05) is 6.07 Å². The van der Waals surface area contributed by atoms with Crippen molar-refractivity contribution in [2.24, 2.45) is 0 Å². The molecule has 0 spiro atoms. The van der Waals surface area contributed by atoms with Gasteiger partial charge in [0.05, 0.1) is 11.6 Å². The first-order chi connectivity index (χ1) is 10.0. The molecule has 2 aromatic rings. The lowest BCUT2D eigenvalue weighted by Crippen LogP contribution is -2.29. The molecule has 21 heavy (non-hydrogen) atoms. The highest BCUT2D eigenvalue weighted by Crippen LogP contribution is 2.26. The van der Waals surface area contributed by atoms with Gasteiger partial charge >= 0.3 is 0 Å². The van der Waals surface area contributed by atoms with Crippen LogP contribution in [0.1, 0.15) is 26.7 Å². The third kappa shape index (κ3) is 3.10. The zero-order chi connectivity index (χ0) is 15.0. The lowest BCUT2D eigenvalue weighted by Gasteiger charge is -2.10. The van der Waals surface area contributed by atoms with Crippen molar-refractivity contribution in [1.82, 2.24) is 14.9 Å². The van der Waals surface area contributed by atoms with Crippen LogP contribution in [0.5, 0.6) is 5.75 Å². The summed E-state index contributed by atoms with van der Waals surface area (Å²) in [6, 6.07) is 6.12. The number of carbonyl (C=O) groups is 1. The highest BCUT2D eigenvalue weighted by Gasteiger charge is 2.23. The fourth-order valence-electron chi connectivity index (χ4n) is 2.31. The molecule has 5 nitrogen and oxygen atoms in total.